The molecule has 0 bridgehead atoms. The zero-order chi connectivity index (χ0) is 15.0. The van der Waals surface area contributed by atoms with E-state index in [0.29, 0.717) is 20.0 Å². The summed E-state index contributed by atoms with van der Waals surface area (Å²) in [7, 11) is 0. The third-order valence-electron chi connectivity index (χ3n) is 2.92. The minimum Gasteiger partial charge on any atom is -0.320 e. The molecule has 0 saturated carbocycles. The van der Waals surface area contributed by atoms with Gasteiger partial charge in [-0.1, -0.05) is 23.7 Å². The Morgan fingerprint density at radius 1 is 1.24 bits per heavy atom. The van der Waals surface area contributed by atoms with Gasteiger partial charge in [-0.05, 0) is 52.9 Å². The maximum absolute atomic E-state index is 13.2. The van der Waals surface area contributed by atoms with Crippen molar-refractivity contribution in [2.24, 2.45) is 0 Å². The summed E-state index contributed by atoms with van der Waals surface area (Å²) < 4.78 is 14.8. The topological polar surface area (TPSA) is 29.1 Å². The van der Waals surface area contributed by atoms with Crippen LogP contribution in [0.5, 0.6) is 0 Å². The molecule has 0 fully saturated rings. The van der Waals surface area contributed by atoms with Gasteiger partial charge in [0, 0.05) is 13.7 Å². The number of hydrogen-bond acceptors (Lipinski definition) is 2. The average molecular weight is 432 g/mol. The lowest BCUT2D eigenvalue weighted by Crippen LogP contribution is -2.11. The van der Waals surface area contributed by atoms with Gasteiger partial charge in [-0.3, -0.25) is 4.79 Å². The second-order valence-corrected chi connectivity index (χ2v) is 6.91. The molecule has 1 heterocycles. The molecule has 6 heteroatoms. The monoisotopic (exact) mass is 431 g/mol. The molecule has 0 aliphatic heterocycles. The summed E-state index contributed by atoms with van der Waals surface area (Å²) in [5.41, 5.74) is 0.725. The highest BCUT2D eigenvalue weighted by atomic mass is 127. The van der Waals surface area contributed by atoms with Crippen molar-refractivity contribution >= 4 is 67.2 Å². The standard InChI is InChI=1S/C15H8ClFINOS/c16-13-9-6-5-8(17)7-12(9)21-14(13)15(20)19-11-4-2-1-3-10(11)18/h1-7H,(H,19,20). The fourth-order valence-corrected chi connectivity index (χ4v) is 3.89. The number of thiophene rings is 1. The van der Waals surface area contributed by atoms with Crippen LogP contribution in [0.4, 0.5) is 10.1 Å². The highest BCUT2D eigenvalue weighted by Crippen LogP contribution is 2.36. The number of halogens is 3. The number of rotatable bonds is 2. The third-order valence-corrected chi connectivity index (χ3v) is 5.52. The van der Waals surface area contributed by atoms with Gasteiger partial charge in [0.25, 0.3) is 5.91 Å². The maximum atomic E-state index is 13.2. The zero-order valence-electron chi connectivity index (χ0n) is 10.5. The molecule has 0 atom stereocenters. The lowest BCUT2D eigenvalue weighted by Gasteiger charge is -2.05. The van der Waals surface area contributed by atoms with Crippen LogP contribution in [0.3, 0.4) is 0 Å². The molecular formula is C15H8ClFINOS. The van der Waals surface area contributed by atoms with Crippen molar-refractivity contribution in [3.05, 3.63) is 61.8 Å². The Morgan fingerprint density at radius 2 is 2.00 bits per heavy atom. The first-order valence-corrected chi connectivity index (χ1v) is 8.27. The summed E-state index contributed by atoms with van der Waals surface area (Å²) in [5, 5.41) is 3.88. The second kappa shape index (κ2) is 5.90. The average Bonchev–Trinajstić information content (AvgIpc) is 2.78. The van der Waals surface area contributed by atoms with E-state index in [4.69, 9.17) is 11.6 Å². The fourth-order valence-electron chi connectivity index (χ4n) is 1.93. The third kappa shape index (κ3) is 2.90. The molecule has 2 nitrogen and oxygen atoms in total. The molecule has 0 saturated heterocycles. The minimum absolute atomic E-state index is 0.286. The van der Waals surface area contributed by atoms with E-state index in [9.17, 15) is 9.18 Å². The highest BCUT2D eigenvalue weighted by Gasteiger charge is 2.18. The van der Waals surface area contributed by atoms with E-state index >= 15 is 0 Å². The first-order valence-electron chi connectivity index (χ1n) is 5.99. The van der Waals surface area contributed by atoms with Gasteiger partial charge in [0.15, 0.2) is 0 Å². The van der Waals surface area contributed by atoms with E-state index < -0.39 is 0 Å². The predicted molar refractivity (Wildman–Crippen MR) is 93.9 cm³/mol. The number of hydrogen-bond donors (Lipinski definition) is 1. The molecule has 0 unspecified atom stereocenters. The van der Waals surface area contributed by atoms with E-state index in [1.165, 1.54) is 23.5 Å². The Kier molecular flexibility index (Phi) is 4.14. The van der Waals surface area contributed by atoms with E-state index in [1.807, 2.05) is 24.3 Å². The van der Waals surface area contributed by atoms with Crippen molar-refractivity contribution < 1.29 is 9.18 Å². The van der Waals surface area contributed by atoms with E-state index in [1.54, 1.807) is 6.07 Å². The highest BCUT2D eigenvalue weighted by molar-refractivity contribution is 14.1. The van der Waals surface area contributed by atoms with Crippen molar-refractivity contribution in [2.75, 3.05) is 5.32 Å². The van der Waals surface area contributed by atoms with Crippen LogP contribution in [0.15, 0.2) is 42.5 Å². The van der Waals surface area contributed by atoms with Crippen LogP contribution in [-0.4, -0.2) is 5.91 Å². The molecule has 3 aromatic rings. The molecule has 21 heavy (non-hydrogen) atoms. The molecule has 0 aliphatic carbocycles. The normalized spacial score (nSPS) is 10.8. The number of nitrogens with one attached hydrogen (secondary N) is 1. The summed E-state index contributed by atoms with van der Waals surface area (Å²) in [6.45, 7) is 0. The quantitative estimate of drug-likeness (QED) is 0.530. The van der Waals surface area contributed by atoms with Gasteiger partial charge in [0.1, 0.15) is 10.7 Å². The van der Waals surface area contributed by atoms with Gasteiger partial charge in [-0.25, -0.2) is 4.39 Å². The molecule has 2 aromatic carbocycles. The van der Waals surface area contributed by atoms with Crippen LogP contribution < -0.4 is 5.32 Å². The van der Waals surface area contributed by atoms with Gasteiger partial charge >= 0.3 is 0 Å². The van der Waals surface area contributed by atoms with Crippen LogP contribution in [0, 0.1) is 9.39 Å². The number of carbonyl (C=O) groups is 1. The van der Waals surface area contributed by atoms with E-state index in [2.05, 4.69) is 27.9 Å². The summed E-state index contributed by atoms with van der Waals surface area (Å²) in [5.74, 6) is -0.629. The van der Waals surface area contributed by atoms with Crippen LogP contribution >= 0.6 is 45.5 Å². The Bertz CT molecular complexity index is 849. The lowest BCUT2D eigenvalue weighted by atomic mass is 10.2. The number of carbonyl (C=O) groups excluding carboxylic acids is 1. The van der Waals surface area contributed by atoms with Crippen LogP contribution in [0.25, 0.3) is 10.1 Å². The summed E-state index contributed by atoms with van der Waals surface area (Å²) in [6, 6.07) is 11.8. The van der Waals surface area contributed by atoms with Gasteiger partial charge < -0.3 is 5.32 Å². The summed E-state index contributed by atoms with van der Waals surface area (Å²) in [6.07, 6.45) is 0. The Morgan fingerprint density at radius 3 is 2.76 bits per heavy atom. The molecule has 1 N–H and O–H groups in total. The van der Waals surface area contributed by atoms with Crippen molar-refractivity contribution in [2.45, 2.75) is 0 Å². The number of para-hydroxylation sites is 1. The molecule has 0 aliphatic rings. The molecule has 3 rings (SSSR count). The van der Waals surface area contributed by atoms with Crippen molar-refractivity contribution in [3.8, 4) is 0 Å². The number of fused-ring (bicyclic) bond motifs is 1. The number of anilines is 1. The predicted octanol–water partition coefficient (Wildman–Crippen LogP) is 5.55. The van der Waals surface area contributed by atoms with Crippen molar-refractivity contribution in [1.29, 1.82) is 0 Å². The maximum Gasteiger partial charge on any atom is 0.267 e. The summed E-state index contributed by atoms with van der Waals surface area (Å²) in [4.78, 5) is 12.7. The molecule has 0 radical (unpaired) electrons. The Balaban J connectivity index is 1.98. The van der Waals surface area contributed by atoms with Crippen molar-refractivity contribution in [3.63, 3.8) is 0 Å². The largest absolute Gasteiger partial charge is 0.320 e. The first-order chi connectivity index (χ1) is 10.1. The van der Waals surface area contributed by atoms with E-state index in [0.717, 1.165) is 9.26 Å². The van der Waals surface area contributed by atoms with Crippen molar-refractivity contribution in [1.82, 2.24) is 0 Å². The summed E-state index contributed by atoms with van der Waals surface area (Å²) >= 11 is 9.57. The second-order valence-electron chi connectivity index (χ2n) is 4.32. The molecule has 1 aromatic heterocycles. The van der Waals surface area contributed by atoms with Gasteiger partial charge in [0.2, 0.25) is 0 Å². The van der Waals surface area contributed by atoms with Gasteiger partial charge in [-0.2, -0.15) is 0 Å². The SMILES string of the molecule is O=C(Nc1ccccc1I)c1sc2cc(F)ccc2c1Cl. The molecule has 0 spiro atoms. The van der Waals surface area contributed by atoms with Gasteiger partial charge in [-0.15, -0.1) is 11.3 Å². The minimum atomic E-state index is -0.343. The van der Waals surface area contributed by atoms with E-state index in [-0.39, 0.29) is 11.7 Å². The smallest absolute Gasteiger partial charge is 0.267 e. The Labute approximate surface area is 143 Å². The first kappa shape index (κ1) is 14.7. The molecule has 1 amide bonds. The van der Waals surface area contributed by atoms with Crippen LogP contribution in [-0.2, 0) is 0 Å². The fraction of sp³-hybridized carbons (Fsp3) is 0. The van der Waals surface area contributed by atoms with Gasteiger partial charge in [0.05, 0.1) is 10.7 Å². The Hall–Kier alpha value is -1.18. The van der Waals surface area contributed by atoms with Crippen LogP contribution in [0.1, 0.15) is 9.67 Å². The van der Waals surface area contributed by atoms with Crippen LogP contribution in [0.2, 0.25) is 5.02 Å². The number of amides is 1. The lowest BCUT2D eigenvalue weighted by molar-refractivity contribution is 0.103. The molecular weight excluding hydrogens is 424 g/mol. The zero-order valence-corrected chi connectivity index (χ0v) is 14.2. The number of benzene rings is 2. The molecule has 106 valence electrons.